The molecule has 2 aliphatic heterocycles. The standard InChI is InChI=1S/C22H27F3N4O/c23-22(24,25)17-5-9-28(10-6-17)20-4-2-15-13-19(3-1-16(15)14-20)27-18-7-11-29(12-8-18)21(26)30/h1-4,13-14,17-18,27H,5-12H2,(H2,26,30). The lowest BCUT2D eigenvalue weighted by Crippen LogP contribution is -2.44. The molecule has 5 nitrogen and oxygen atoms in total. The number of alkyl halides is 3. The number of fused-ring (bicyclic) bond motifs is 1. The predicted octanol–water partition coefficient (Wildman–Crippen LogP) is 4.57. The van der Waals surface area contributed by atoms with Gasteiger partial charge >= 0.3 is 12.2 Å². The van der Waals surface area contributed by atoms with Gasteiger partial charge in [-0.2, -0.15) is 13.2 Å². The second-order valence-electron chi connectivity index (χ2n) is 8.29. The van der Waals surface area contributed by atoms with E-state index in [1.165, 1.54) is 0 Å². The smallest absolute Gasteiger partial charge is 0.382 e. The first-order valence-electron chi connectivity index (χ1n) is 10.5. The van der Waals surface area contributed by atoms with Crippen molar-refractivity contribution in [2.75, 3.05) is 36.4 Å². The van der Waals surface area contributed by atoms with Crippen LogP contribution in [0.4, 0.5) is 29.3 Å². The summed E-state index contributed by atoms with van der Waals surface area (Å²) in [5.74, 6) is -1.18. The number of likely N-dealkylation sites (tertiary alicyclic amines) is 1. The molecule has 2 aliphatic rings. The third-order valence-corrected chi connectivity index (χ3v) is 6.32. The summed E-state index contributed by atoms with van der Waals surface area (Å²) < 4.78 is 38.7. The van der Waals surface area contributed by atoms with Crippen LogP contribution in [0.15, 0.2) is 36.4 Å². The van der Waals surface area contributed by atoms with Crippen molar-refractivity contribution in [3.05, 3.63) is 36.4 Å². The molecule has 0 bridgehead atoms. The van der Waals surface area contributed by atoms with Gasteiger partial charge in [-0.25, -0.2) is 4.79 Å². The average molecular weight is 420 g/mol. The first-order valence-corrected chi connectivity index (χ1v) is 10.5. The Kier molecular flexibility index (Phi) is 5.66. The molecule has 0 aromatic heterocycles. The molecule has 0 spiro atoms. The summed E-state index contributed by atoms with van der Waals surface area (Å²) in [7, 11) is 0. The topological polar surface area (TPSA) is 61.6 Å². The first kappa shape index (κ1) is 20.6. The van der Waals surface area contributed by atoms with Gasteiger partial charge in [-0.3, -0.25) is 0 Å². The Labute approximate surface area is 174 Å². The number of halogens is 3. The van der Waals surface area contributed by atoms with E-state index in [9.17, 15) is 18.0 Å². The lowest BCUT2D eigenvalue weighted by molar-refractivity contribution is -0.179. The Morgan fingerprint density at radius 1 is 0.933 bits per heavy atom. The molecule has 2 fully saturated rings. The molecule has 0 atom stereocenters. The van der Waals surface area contributed by atoms with Gasteiger partial charge in [0, 0.05) is 43.6 Å². The molecule has 8 heteroatoms. The van der Waals surface area contributed by atoms with E-state index in [0.29, 0.717) is 32.2 Å². The zero-order valence-corrected chi connectivity index (χ0v) is 16.8. The van der Waals surface area contributed by atoms with E-state index in [0.717, 1.165) is 35.0 Å². The van der Waals surface area contributed by atoms with Crippen LogP contribution >= 0.6 is 0 Å². The fraction of sp³-hybridized carbons (Fsp3) is 0.500. The number of nitrogens with one attached hydrogen (secondary N) is 1. The number of hydrogen-bond donors (Lipinski definition) is 2. The highest BCUT2D eigenvalue weighted by molar-refractivity contribution is 5.88. The number of hydrogen-bond acceptors (Lipinski definition) is 3. The van der Waals surface area contributed by atoms with E-state index >= 15 is 0 Å². The number of rotatable bonds is 3. The monoisotopic (exact) mass is 420 g/mol. The second kappa shape index (κ2) is 8.24. The molecule has 0 saturated carbocycles. The number of nitrogens with zero attached hydrogens (tertiary/aromatic N) is 2. The van der Waals surface area contributed by atoms with Crippen molar-refractivity contribution in [3.8, 4) is 0 Å². The molecule has 162 valence electrons. The van der Waals surface area contributed by atoms with Gasteiger partial charge < -0.3 is 20.9 Å². The number of carbonyl (C=O) groups is 1. The van der Waals surface area contributed by atoms with Gasteiger partial charge in [0.05, 0.1) is 5.92 Å². The minimum absolute atomic E-state index is 0.152. The number of primary amides is 1. The second-order valence-corrected chi connectivity index (χ2v) is 8.29. The van der Waals surface area contributed by atoms with Crippen LogP contribution in [0.1, 0.15) is 25.7 Å². The minimum Gasteiger partial charge on any atom is -0.382 e. The number of nitrogens with two attached hydrogens (primary N) is 1. The number of urea groups is 1. The van der Waals surface area contributed by atoms with Crippen LogP contribution in [0, 0.1) is 5.92 Å². The van der Waals surface area contributed by atoms with Crippen LogP contribution in [0.5, 0.6) is 0 Å². The molecule has 0 unspecified atom stereocenters. The van der Waals surface area contributed by atoms with E-state index in [4.69, 9.17) is 5.73 Å². The molecule has 2 aromatic carbocycles. The fourth-order valence-corrected chi connectivity index (χ4v) is 4.46. The Bertz CT molecular complexity index is 901. The first-order chi connectivity index (χ1) is 14.3. The Morgan fingerprint density at radius 3 is 2.20 bits per heavy atom. The summed E-state index contributed by atoms with van der Waals surface area (Å²) in [6.45, 7) is 2.18. The molecule has 2 heterocycles. The summed E-state index contributed by atoms with van der Waals surface area (Å²) >= 11 is 0. The molecular weight excluding hydrogens is 393 g/mol. The van der Waals surface area contributed by atoms with Crippen LogP contribution < -0.4 is 16.0 Å². The van der Waals surface area contributed by atoms with Crippen molar-refractivity contribution in [2.24, 2.45) is 11.7 Å². The lowest BCUT2D eigenvalue weighted by atomic mass is 9.95. The molecule has 2 saturated heterocycles. The number of anilines is 2. The van der Waals surface area contributed by atoms with Crippen LogP contribution in [0.2, 0.25) is 0 Å². The normalized spacial score (nSPS) is 19.3. The quantitative estimate of drug-likeness (QED) is 0.765. The van der Waals surface area contributed by atoms with Crippen molar-refractivity contribution in [1.82, 2.24) is 4.90 Å². The predicted molar refractivity (Wildman–Crippen MR) is 113 cm³/mol. The average Bonchev–Trinajstić information content (AvgIpc) is 2.73. The van der Waals surface area contributed by atoms with Crippen LogP contribution in [-0.2, 0) is 0 Å². The highest BCUT2D eigenvalue weighted by Gasteiger charge is 2.41. The van der Waals surface area contributed by atoms with Crippen molar-refractivity contribution in [3.63, 3.8) is 0 Å². The Morgan fingerprint density at radius 2 is 1.57 bits per heavy atom. The van der Waals surface area contributed by atoms with Crippen LogP contribution in [-0.4, -0.2) is 49.3 Å². The molecule has 3 N–H and O–H groups in total. The number of benzene rings is 2. The maximum absolute atomic E-state index is 12.9. The van der Waals surface area contributed by atoms with Crippen molar-refractivity contribution < 1.29 is 18.0 Å². The summed E-state index contributed by atoms with van der Waals surface area (Å²) in [6, 6.07) is 12.2. The Balaban J connectivity index is 1.39. The highest BCUT2D eigenvalue weighted by Crippen LogP contribution is 2.36. The summed E-state index contributed by atoms with van der Waals surface area (Å²) in [4.78, 5) is 14.9. The fourth-order valence-electron chi connectivity index (χ4n) is 4.46. The van der Waals surface area contributed by atoms with Gasteiger partial charge in [0.25, 0.3) is 0 Å². The summed E-state index contributed by atoms with van der Waals surface area (Å²) in [5.41, 5.74) is 7.33. The molecule has 0 radical (unpaired) electrons. The number of amides is 2. The minimum atomic E-state index is -4.09. The third kappa shape index (κ3) is 4.57. The lowest BCUT2D eigenvalue weighted by Gasteiger charge is -2.34. The molecular formula is C22H27F3N4O. The van der Waals surface area contributed by atoms with Gasteiger partial charge in [-0.1, -0.05) is 12.1 Å². The van der Waals surface area contributed by atoms with E-state index in [-0.39, 0.29) is 18.9 Å². The zero-order chi connectivity index (χ0) is 21.3. The van der Waals surface area contributed by atoms with Crippen LogP contribution in [0.3, 0.4) is 0 Å². The SMILES string of the molecule is NC(=O)N1CCC(Nc2ccc3cc(N4CCC(C(F)(F)F)CC4)ccc3c2)CC1. The maximum atomic E-state index is 12.9. The van der Waals surface area contributed by atoms with E-state index in [1.807, 2.05) is 29.2 Å². The van der Waals surface area contributed by atoms with Crippen molar-refractivity contribution in [1.29, 1.82) is 0 Å². The van der Waals surface area contributed by atoms with E-state index in [1.54, 1.807) is 4.90 Å². The Hall–Kier alpha value is -2.64. The maximum Gasteiger partial charge on any atom is 0.391 e. The molecule has 2 amide bonds. The van der Waals surface area contributed by atoms with Gasteiger partial charge in [-0.05, 0) is 60.7 Å². The molecule has 30 heavy (non-hydrogen) atoms. The summed E-state index contributed by atoms with van der Waals surface area (Å²) in [6.07, 6.45) is -2.07. The van der Waals surface area contributed by atoms with Crippen LogP contribution in [0.25, 0.3) is 10.8 Å². The summed E-state index contributed by atoms with van der Waals surface area (Å²) in [5, 5.41) is 5.69. The molecule has 2 aromatic rings. The van der Waals surface area contributed by atoms with Gasteiger partial charge in [0.1, 0.15) is 0 Å². The highest BCUT2D eigenvalue weighted by atomic mass is 19.4. The van der Waals surface area contributed by atoms with Gasteiger partial charge in [-0.15, -0.1) is 0 Å². The van der Waals surface area contributed by atoms with E-state index < -0.39 is 12.1 Å². The molecule has 0 aliphatic carbocycles. The number of piperidine rings is 2. The van der Waals surface area contributed by atoms with Gasteiger partial charge in [0.15, 0.2) is 0 Å². The van der Waals surface area contributed by atoms with Crippen molar-refractivity contribution in [2.45, 2.75) is 37.9 Å². The van der Waals surface area contributed by atoms with E-state index in [2.05, 4.69) is 17.4 Å². The van der Waals surface area contributed by atoms with Crippen molar-refractivity contribution >= 4 is 28.2 Å². The zero-order valence-electron chi connectivity index (χ0n) is 16.8. The number of carbonyl (C=O) groups excluding carboxylic acids is 1. The third-order valence-electron chi connectivity index (χ3n) is 6.32. The van der Waals surface area contributed by atoms with Gasteiger partial charge in [0.2, 0.25) is 0 Å². The largest absolute Gasteiger partial charge is 0.391 e. The molecule has 4 rings (SSSR count).